The van der Waals surface area contributed by atoms with E-state index in [1.165, 1.54) is 257 Å². The molecule has 0 saturated carbocycles. The fraction of sp³-hybridized carbons (Fsp3) is 0.873. The first kappa shape index (κ1) is 74.6. The molecule has 77 heavy (non-hydrogen) atoms. The summed E-state index contributed by atoms with van der Waals surface area (Å²) >= 11 is 0. The number of hydrogen-bond donors (Lipinski definition) is 0. The van der Waals surface area contributed by atoms with E-state index in [0.717, 1.165) is 83.5 Å². The molecule has 0 N–H and O–H groups in total. The van der Waals surface area contributed by atoms with E-state index in [9.17, 15) is 14.4 Å². The molecule has 6 nitrogen and oxygen atoms in total. The number of hydrogen-bond acceptors (Lipinski definition) is 6. The molecule has 0 aromatic carbocycles. The summed E-state index contributed by atoms with van der Waals surface area (Å²) in [5.41, 5.74) is 0. The minimum Gasteiger partial charge on any atom is -0.462 e. The average molecular weight is 1080 g/mol. The van der Waals surface area contributed by atoms with E-state index in [2.05, 4.69) is 57.2 Å². The van der Waals surface area contributed by atoms with E-state index in [1.54, 1.807) is 0 Å². The minimum absolute atomic E-state index is 0.0716. The highest BCUT2D eigenvalue weighted by Gasteiger charge is 2.19. The second kappa shape index (κ2) is 66.1. The first-order valence-corrected chi connectivity index (χ1v) is 34.5. The van der Waals surface area contributed by atoms with Crippen LogP contribution in [0.1, 0.15) is 380 Å². The molecule has 0 rings (SSSR count). The van der Waals surface area contributed by atoms with Crippen molar-refractivity contribution in [2.24, 2.45) is 0 Å². The topological polar surface area (TPSA) is 78.9 Å². The van der Waals surface area contributed by atoms with E-state index < -0.39 is 6.10 Å². The van der Waals surface area contributed by atoms with E-state index >= 15 is 0 Å². The van der Waals surface area contributed by atoms with Crippen molar-refractivity contribution in [3.8, 4) is 0 Å². The third-order valence-electron chi connectivity index (χ3n) is 15.6. The molecule has 0 radical (unpaired) electrons. The van der Waals surface area contributed by atoms with E-state index in [4.69, 9.17) is 14.2 Å². The number of unbranched alkanes of at least 4 members (excludes halogenated alkanes) is 47. The Kier molecular flexibility index (Phi) is 64.1. The summed E-state index contributed by atoms with van der Waals surface area (Å²) in [6.45, 7) is 6.63. The lowest BCUT2D eigenvalue weighted by Crippen LogP contribution is -2.30. The van der Waals surface area contributed by atoms with Gasteiger partial charge >= 0.3 is 17.9 Å². The van der Waals surface area contributed by atoms with Crippen molar-refractivity contribution in [1.29, 1.82) is 0 Å². The molecule has 0 aromatic heterocycles. The van der Waals surface area contributed by atoms with Crippen LogP contribution >= 0.6 is 0 Å². The van der Waals surface area contributed by atoms with Crippen LogP contribution in [0.15, 0.2) is 36.5 Å². The van der Waals surface area contributed by atoms with Crippen molar-refractivity contribution in [2.45, 2.75) is 386 Å². The molecule has 6 heteroatoms. The number of carbonyl (C=O) groups is 3. The Morgan fingerprint density at radius 1 is 0.260 bits per heavy atom. The van der Waals surface area contributed by atoms with Gasteiger partial charge in [0.25, 0.3) is 0 Å². The lowest BCUT2D eigenvalue weighted by atomic mass is 10.0. The van der Waals surface area contributed by atoms with Crippen molar-refractivity contribution in [3.05, 3.63) is 36.5 Å². The van der Waals surface area contributed by atoms with Gasteiger partial charge in [-0.2, -0.15) is 0 Å². The minimum atomic E-state index is -0.775. The van der Waals surface area contributed by atoms with Crippen molar-refractivity contribution in [3.63, 3.8) is 0 Å². The maximum Gasteiger partial charge on any atom is 0.306 e. The van der Waals surface area contributed by atoms with Crippen LogP contribution in [-0.4, -0.2) is 37.2 Å². The van der Waals surface area contributed by atoms with Crippen LogP contribution in [-0.2, 0) is 28.6 Å². The Hall–Kier alpha value is -2.37. The van der Waals surface area contributed by atoms with Crippen LogP contribution in [0.5, 0.6) is 0 Å². The highest BCUT2D eigenvalue weighted by molar-refractivity contribution is 5.71. The van der Waals surface area contributed by atoms with Crippen LogP contribution in [0.25, 0.3) is 0 Å². The summed E-state index contributed by atoms with van der Waals surface area (Å²) in [7, 11) is 0. The molecule has 0 aliphatic rings. The summed E-state index contributed by atoms with van der Waals surface area (Å²) in [6, 6.07) is 0. The number of esters is 3. The standard InChI is InChI=1S/C71H132O6/c1-4-7-10-13-16-19-22-25-27-29-31-32-33-34-35-36-37-38-40-41-43-46-49-52-55-58-61-64-70(73)76-67-68(66-75-69(72)63-60-57-54-51-48-45-24-21-18-15-12-9-6-3)77-71(74)65-62-59-56-53-50-47-44-42-39-30-28-26-23-20-17-14-11-8-5-2/h12,15,21,24,29,31,68H,4-11,13-14,16-20,22-23,25-28,30,32-67H2,1-3H3/b15-12-,24-21-,31-29-. The largest absolute Gasteiger partial charge is 0.462 e. The molecule has 0 aromatic rings. The average Bonchev–Trinajstić information content (AvgIpc) is 3.43. The van der Waals surface area contributed by atoms with Gasteiger partial charge in [0.2, 0.25) is 0 Å². The van der Waals surface area contributed by atoms with Crippen LogP contribution in [0.4, 0.5) is 0 Å². The predicted molar refractivity (Wildman–Crippen MR) is 335 cm³/mol. The van der Waals surface area contributed by atoms with Gasteiger partial charge in [0.15, 0.2) is 6.10 Å². The molecule has 0 bridgehead atoms. The summed E-state index contributed by atoms with van der Waals surface area (Å²) in [5, 5.41) is 0. The van der Waals surface area contributed by atoms with Crippen LogP contribution in [0, 0.1) is 0 Å². The molecular formula is C71H132O6. The van der Waals surface area contributed by atoms with Gasteiger partial charge in [-0.05, 0) is 70.6 Å². The highest BCUT2D eigenvalue weighted by Crippen LogP contribution is 2.18. The van der Waals surface area contributed by atoms with Crippen LogP contribution < -0.4 is 0 Å². The third-order valence-corrected chi connectivity index (χ3v) is 15.6. The molecule has 0 saturated heterocycles. The molecule has 0 heterocycles. The summed E-state index contributed by atoms with van der Waals surface area (Å²) in [4.78, 5) is 38.4. The number of rotatable bonds is 64. The second-order valence-electron chi connectivity index (χ2n) is 23.4. The smallest absolute Gasteiger partial charge is 0.306 e. The highest BCUT2D eigenvalue weighted by atomic mass is 16.6. The molecular weight excluding hydrogens is 949 g/mol. The summed E-state index contributed by atoms with van der Waals surface area (Å²) in [5.74, 6) is -0.859. The molecule has 0 spiro atoms. The Morgan fingerprint density at radius 2 is 0.494 bits per heavy atom. The normalized spacial score (nSPS) is 12.2. The monoisotopic (exact) mass is 1080 g/mol. The second-order valence-corrected chi connectivity index (χ2v) is 23.4. The maximum atomic E-state index is 12.9. The van der Waals surface area contributed by atoms with Crippen molar-refractivity contribution >= 4 is 17.9 Å². The Morgan fingerprint density at radius 3 is 0.779 bits per heavy atom. The molecule has 0 amide bonds. The molecule has 1 atom stereocenters. The van der Waals surface area contributed by atoms with E-state index in [1.807, 2.05) is 0 Å². The van der Waals surface area contributed by atoms with Crippen LogP contribution in [0.2, 0.25) is 0 Å². The lowest BCUT2D eigenvalue weighted by Gasteiger charge is -2.18. The Labute approximate surface area is 480 Å². The Bertz CT molecular complexity index is 1290. The Balaban J connectivity index is 4.21. The molecule has 0 fully saturated rings. The van der Waals surface area contributed by atoms with Gasteiger partial charge in [0.05, 0.1) is 0 Å². The van der Waals surface area contributed by atoms with Crippen LogP contribution in [0.3, 0.4) is 0 Å². The van der Waals surface area contributed by atoms with Gasteiger partial charge in [-0.3, -0.25) is 14.4 Å². The zero-order valence-electron chi connectivity index (χ0n) is 52.0. The molecule has 0 aliphatic carbocycles. The van der Waals surface area contributed by atoms with Gasteiger partial charge in [-0.25, -0.2) is 0 Å². The summed E-state index contributed by atoms with van der Waals surface area (Å²) in [6.07, 6.45) is 81.7. The summed E-state index contributed by atoms with van der Waals surface area (Å²) < 4.78 is 17.0. The number of ether oxygens (including phenoxy) is 3. The van der Waals surface area contributed by atoms with Crippen molar-refractivity contribution < 1.29 is 28.6 Å². The van der Waals surface area contributed by atoms with Gasteiger partial charge in [0.1, 0.15) is 13.2 Å². The maximum absolute atomic E-state index is 12.9. The SMILES string of the molecule is CCC/C=C\C/C=C\CCCCCCCC(=O)OCC(COC(=O)CCCCCCCCCCCCCCCCC/C=C\CCCCCCCCCC)OC(=O)CCCCCCCCCCCCCCCCCCCCC. The number of carbonyl (C=O) groups excluding carboxylic acids is 3. The van der Waals surface area contributed by atoms with Crippen molar-refractivity contribution in [2.75, 3.05) is 13.2 Å². The third kappa shape index (κ3) is 64.3. The van der Waals surface area contributed by atoms with Crippen molar-refractivity contribution in [1.82, 2.24) is 0 Å². The fourth-order valence-corrected chi connectivity index (χ4v) is 10.4. The zero-order valence-corrected chi connectivity index (χ0v) is 52.0. The molecule has 1 unspecified atom stereocenters. The van der Waals surface area contributed by atoms with E-state index in [0.29, 0.717) is 19.3 Å². The predicted octanol–water partition coefficient (Wildman–Crippen LogP) is 23.6. The first-order chi connectivity index (χ1) is 38.0. The van der Waals surface area contributed by atoms with Gasteiger partial charge in [-0.15, -0.1) is 0 Å². The first-order valence-electron chi connectivity index (χ1n) is 34.5. The van der Waals surface area contributed by atoms with Gasteiger partial charge < -0.3 is 14.2 Å². The molecule has 452 valence electrons. The fourth-order valence-electron chi connectivity index (χ4n) is 10.4. The zero-order chi connectivity index (χ0) is 55.7. The number of allylic oxidation sites excluding steroid dienone is 6. The van der Waals surface area contributed by atoms with Gasteiger partial charge in [-0.1, -0.05) is 327 Å². The lowest BCUT2D eigenvalue weighted by molar-refractivity contribution is -0.167. The molecule has 0 aliphatic heterocycles. The van der Waals surface area contributed by atoms with E-state index in [-0.39, 0.29) is 31.1 Å². The quantitative estimate of drug-likeness (QED) is 0.0261. The van der Waals surface area contributed by atoms with Gasteiger partial charge in [0, 0.05) is 19.3 Å².